The van der Waals surface area contributed by atoms with E-state index in [1.165, 1.54) is 13.0 Å². The molecular weight excluding hydrogens is 442 g/mol. The van der Waals surface area contributed by atoms with Gasteiger partial charge in [0.25, 0.3) is 11.6 Å². The maximum absolute atomic E-state index is 12.6. The topological polar surface area (TPSA) is 109 Å². The van der Waals surface area contributed by atoms with E-state index in [4.69, 9.17) is 0 Å². The van der Waals surface area contributed by atoms with E-state index in [0.29, 0.717) is 38.4 Å². The van der Waals surface area contributed by atoms with Crippen molar-refractivity contribution in [3.05, 3.63) is 63.1 Å². The largest absolute Gasteiger partial charge is 0.362 e. The first-order chi connectivity index (χ1) is 15.9. The van der Waals surface area contributed by atoms with Crippen LogP contribution in [0.3, 0.4) is 0 Å². The molecule has 2 amide bonds. The Morgan fingerprint density at radius 3 is 2.61 bits per heavy atom. The maximum Gasteiger partial charge on any atom is 0.293 e. The number of carbonyl (C=O) groups is 2. The molecule has 172 valence electrons. The molecular formula is C23H25N5O4S. The van der Waals surface area contributed by atoms with Gasteiger partial charge in [0, 0.05) is 57.7 Å². The molecule has 0 radical (unpaired) electrons. The number of nitro groups is 1. The number of thiazole rings is 1. The lowest BCUT2D eigenvalue weighted by atomic mass is 10.1. The molecule has 0 aliphatic carbocycles. The fraction of sp³-hybridized carbons (Fsp3) is 0.348. The highest BCUT2D eigenvalue weighted by Gasteiger charge is 2.25. The second kappa shape index (κ2) is 9.95. The number of aryl methyl sites for hydroxylation is 1. The molecule has 3 aromatic rings. The SMILES string of the molecule is CC(=O)N1CCN(c2ccc(C(=O)NCCCc3nc4ccccc4s3)cc2[N+](=O)[O-])CC1. The first-order valence-electron chi connectivity index (χ1n) is 10.8. The van der Waals surface area contributed by atoms with Crippen molar-refractivity contribution in [3.63, 3.8) is 0 Å². The Labute approximate surface area is 195 Å². The monoisotopic (exact) mass is 467 g/mol. The van der Waals surface area contributed by atoms with Gasteiger partial charge < -0.3 is 15.1 Å². The minimum absolute atomic E-state index is 0.000645. The van der Waals surface area contributed by atoms with Gasteiger partial charge in [-0.3, -0.25) is 19.7 Å². The van der Waals surface area contributed by atoms with Crippen molar-refractivity contribution in [1.29, 1.82) is 0 Å². The Bertz CT molecular complexity index is 1150. The average Bonchev–Trinajstić information content (AvgIpc) is 3.24. The number of hydrogen-bond donors (Lipinski definition) is 1. The molecule has 1 saturated heterocycles. The number of para-hydroxylation sites is 1. The molecule has 0 unspecified atom stereocenters. The van der Waals surface area contributed by atoms with Crippen molar-refractivity contribution >= 4 is 44.7 Å². The Kier molecular flexibility index (Phi) is 6.83. The fourth-order valence-electron chi connectivity index (χ4n) is 3.91. The van der Waals surface area contributed by atoms with Crippen LogP contribution in [0.2, 0.25) is 0 Å². The van der Waals surface area contributed by atoms with Crippen LogP contribution in [-0.2, 0) is 11.2 Å². The number of piperazine rings is 1. The van der Waals surface area contributed by atoms with Gasteiger partial charge in [-0.2, -0.15) is 0 Å². The van der Waals surface area contributed by atoms with Crippen LogP contribution >= 0.6 is 11.3 Å². The summed E-state index contributed by atoms with van der Waals surface area (Å²) in [6.07, 6.45) is 1.48. The van der Waals surface area contributed by atoms with Gasteiger partial charge in [-0.05, 0) is 30.7 Å². The molecule has 33 heavy (non-hydrogen) atoms. The third-order valence-electron chi connectivity index (χ3n) is 5.69. The molecule has 0 bridgehead atoms. The van der Waals surface area contributed by atoms with E-state index in [1.54, 1.807) is 28.4 Å². The highest BCUT2D eigenvalue weighted by atomic mass is 32.1. The number of hydrogen-bond acceptors (Lipinski definition) is 7. The summed E-state index contributed by atoms with van der Waals surface area (Å²) in [5, 5.41) is 15.5. The zero-order valence-corrected chi connectivity index (χ0v) is 19.1. The van der Waals surface area contributed by atoms with Gasteiger partial charge in [-0.15, -0.1) is 11.3 Å². The summed E-state index contributed by atoms with van der Waals surface area (Å²) in [5.74, 6) is -0.338. The van der Waals surface area contributed by atoms with E-state index < -0.39 is 4.92 Å². The summed E-state index contributed by atoms with van der Waals surface area (Å²) in [6.45, 7) is 4.03. The maximum atomic E-state index is 12.6. The molecule has 10 heteroatoms. The third kappa shape index (κ3) is 5.28. The Morgan fingerprint density at radius 2 is 1.91 bits per heavy atom. The van der Waals surface area contributed by atoms with Gasteiger partial charge in [-0.1, -0.05) is 12.1 Å². The number of nitro benzene ring substituents is 1. The lowest BCUT2D eigenvalue weighted by molar-refractivity contribution is -0.384. The van der Waals surface area contributed by atoms with Crippen LogP contribution in [0, 0.1) is 10.1 Å². The standard InChI is InChI=1S/C23H25N5O4S/c1-16(29)26-11-13-27(14-12-26)19-9-8-17(15-20(19)28(31)32)23(30)24-10-4-7-22-25-18-5-2-3-6-21(18)33-22/h2-3,5-6,8-9,15H,4,7,10-14H2,1H3,(H,24,30). The van der Waals surface area contributed by atoms with E-state index >= 15 is 0 Å². The van der Waals surface area contributed by atoms with Gasteiger partial charge in [0.05, 0.1) is 20.1 Å². The van der Waals surface area contributed by atoms with Crippen molar-refractivity contribution in [3.8, 4) is 0 Å². The van der Waals surface area contributed by atoms with E-state index in [2.05, 4.69) is 10.3 Å². The summed E-state index contributed by atoms with van der Waals surface area (Å²) >= 11 is 1.65. The molecule has 9 nitrogen and oxygen atoms in total. The number of amides is 2. The Balaban J connectivity index is 1.35. The van der Waals surface area contributed by atoms with Crippen molar-refractivity contribution in [2.75, 3.05) is 37.6 Å². The van der Waals surface area contributed by atoms with Gasteiger partial charge in [-0.25, -0.2) is 4.98 Å². The second-order valence-electron chi connectivity index (χ2n) is 7.89. The molecule has 2 heterocycles. The number of nitrogens with zero attached hydrogens (tertiary/aromatic N) is 4. The van der Waals surface area contributed by atoms with E-state index in [9.17, 15) is 19.7 Å². The lowest BCUT2D eigenvalue weighted by Gasteiger charge is -2.35. The number of carbonyl (C=O) groups excluding carboxylic acids is 2. The van der Waals surface area contributed by atoms with E-state index in [-0.39, 0.29) is 23.1 Å². The second-order valence-corrected chi connectivity index (χ2v) is 9.00. The molecule has 4 rings (SSSR count). The lowest BCUT2D eigenvalue weighted by Crippen LogP contribution is -2.48. The summed E-state index contributed by atoms with van der Waals surface area (Å²) in [7, 11) is 0. The van der Waals surface area contributed by atoms with Crippen LogP contribution in [0.15, 0.2) is 42.5 Å². The summed E-state index contributed by atoms with van der Waals surface area (Å²) in [5.41, 5.74) is 1.61. The molecule has 1 fully saturated rings. The van der Waals surface area contributed by atoms with Crippen LogP contribution in [0.5, 0.6) is 0 Å². The van der Waals surface area contributed by atoms with E-state index in [0.717, 1.165) is 28.1 Å². The minimum atomic E-state index is -0.462. The Hall–Kier alpha value is -3.53. The molecule has 2 aromatic carbocycles. The van der Waals surface area contributed by atoms with Crippen LogP contribution in [0.4, 0.5) is 11.4 Å². The summed E-state index contributed by atoms with van der Waals surface area (Å²) in [6, 6.07) is 12.5. The van der Waals surface area contributed by atoms with Crippen molar-refractivity contribution in [2.45, 2.75) is 19.8 Å². The number of benzene rings is 2. The third-order valence-corrected chi connectivity index (χ3v) is 6.79. The van der Waals surface area contributed by atoms with Crippen LogP contribution in [0.25, 0.3) is 10.2 Å². The number of nitrogens with one attached hydrogen (secondary N) is 1. The van der Waals surface area contributed by atoms with E-state index in [1.807, 2.05) is 29.2 Å². The first kappa shape index (κ1) is 22.7. The first-order valence-corrected chi connectivity index (χ1v) is 11.7. The van der Waals surface area contributed by atoms with Crippen LogP contribution < -0.4 is 10.2 Å². The zero-order chi connectivity index (χ0) is 23.4. The molecule has 1 aliphatic heterocycles. The molecule has 0 spiro atoms. The predicted molar refractivity (Wildman–Crippen MR) is 128 cm³/mol. The smallest absolute Gasteiger partial charge is 0.293 e. The number of rotatable bonds is 7. The van der Waals surface area contributed by atoms with Gasteiger partial charge in [0.1, 0.15) is 5.69 Å². The fourth-order valence-corrected chi connectivity index (χ4v) is 4.92. The number of anilines is 1. The highest BCUT2D eigenvalue weighted by molar-refractivity contribution is 7.18. The molecule has 1 aromatic heterocycles. The molecule has 0 atom stereocenters. The number of aromatic nitrogens is 1. The average molecular weight is 468 g/mol. The minimum Gasteiger partial charge on any atom is -0.362 e. The van der Waals surface area contributed by atoms with Crippen molar-refractivity contribution in [2.24, 2.45) is 0 Å². The number of fused-ring (bicyclic) bond motifs is 1. The quantitative estimate of drug-likeness (QED) is 0.325. The molecule has 0 saturated carbocycles. The van der Waals surface area contributed by atoms with Crippen molar-refractivity contribution in [1.82, 2.24) is 15.2 Å². The predicted octanol–water partition coefficient (Wildman–Crippen LogP) is 3.24. The summed E-state index contributed by atoms with van der Waals surface area (Å²) in [4.78, 5) is 43.5. The summed E-state index contributed by atoms with van der Waals surface area (Å²) < 4.78 is 1.15. The van der Waals surface area contributed by atoms with Gasteiger partial charge in [0.2, 0.25) is 5.91 Å². The van der Waals surface area contributed by atoms with Crippen molar-refractivity contribution < 1.29 is 14.5 Å². The zero-order valence-electron chi connectivity index (χ0n) is 18.3. The Morgan fingerprint density at radius 1 is 1.15 bits per heavy atom. The normalized spacial score (nSPS) is 13.8. The molecule has 1 N–H and O–H groups in total. The van der Waals surface area contributed by atoms with Crippen LogP contribution in [0.1, 0.15) is 28.7 Å². The highest BCUT2D eigenvalue weighted by Crippen LogP contribution is 2.30. The molecule has 1 aliphatic rings. The van der Waals surface area contributed by atoms with Gasteiger partial charge >= 0.3 is 0 Å². The van der Waals surface area contributed by atoms with Gasteiger partial charge in [0.15, 0.2) is 0 Å². The van der Waals surface area contributed by atoms with Crippen LogP contribution in [-0.4, -0.2) is 59.3 Å².